The van der Waals surface area contributed by atoms with Crippen LogP contribution < -0.4 is 16.8 Å². The van der Waals surface area contributed by atoms with E-state index in [2.05, 4.69) is 5.32 Å². The maximum absolute atomic E-state index is 10.2. The molecule has 0 heterocycles. The fourth-order valence-corrected chi connectivity index (χ4v) is 0.669. The van der Waals surface area contributed by atoms with E-state index in [0.717, 1.165) is 0 Å². The van der Waals surface area contributed by atoms with Crippen molar-refractivity contribution in [2.24, 2.45) is 11.5 Å². The normalized spacial score (nSPS) is 11.2. The van der Waals surface area contributed by atoms with Crippen molar-refractivity contribution in [1.82, 2.24) is 5.32 Å². The van der Waals surface area contributed by atoms with E-state index in [1.807, 2.05) is 0 Å². The maximum atomic E-state index is 10.2. The molecule has 0 fully saturated rings. The quantitative estimate of drug-likeness (QED) is 0.217. The zero-order valence-electron chi connectivity index (χ0n) is 6.71. The molecular weight excluding hydrogens is 275 g/mol. The van der Waals surface area contributed by atoms with Crippen LogP contribution in [0.3, 0.4) is 0 Å². The monoisotopic (exact) mass is 292 g/mol. The topological polar surface area (TPSA) is 125 Å². The Hall–Kier alpha value is -0.430. The molecule has 0 aliphatic heterocycles. The molecule has 1 atom stereocenters. The van der Waals surface area contributed by atoms with Gasteiger partial charge in [0.25, 0.3) is 0 Å². The van der Waals surface area contributed by atoms with Crippen molar-refractivity contribution in [3.05, 3.63) is 0 Å². The van der Waals surface area contributed by atoms with Gasteiger partial charge in [-0.2, -0.15) is 0 Å². The molecule has 13 heavy (non-hydrogen) atoms. The van der Waals surface area contributed by atoms with Crippen LogP contribution >= 0.6 is 0 Å². The van der Waals surface area contributed by atoms with E-state index in [1.54, 1.807) is 0 Å². The molecule has 76 valence electrons. The number of carbonyl (C=O) groups is 1. The van der Waals surface area contributed by atoms with E-state index in [0.29, 0.717) is 19.4 Å². The van der Waals surface area contributed by atoms with Gasteiger partial charge in [0.2, 0.25) is 0 Å². The van der Waals surface area contributed by atoms with Crippen molar-refractivity contribution in [2.75, 3.05) is 6.54 Å². The van der Waals surface area contributed by atoms with Gasteiger partial charge in [0, 0.05) is 6.54 Å². The second-order valence-corrected chi connectivity index (χ2v) is 2.43. The van der Waals surface area contributed by atoms with Crippen LogP contribution in [-0.4, -0.2) is 55.5 Å². The third kappa shape index (κ3) is 9.48. The summed E-state index contributed by atoms with van der Waals surface area (Å²) in [5.74, 6) is -1.11. The third-order valence-corrected chi connectivity index (χ3v) is 1.32. The standard InChI is InChI=1S/C6H14N4O2.In.3H/c7-4(5(11)12)2-1-3-10-6(8)9;;;;/h4H,1-3,7H2,(H,11,12)(H4,8,9,10);;;;. The molecular formula is C6H17InN4O2. The first-order valence-electron chi connectivity index (χ1n) is 3.60. The van der Waals surface area contributed by atoms with E-state index in [9.17, 15) is 4.79 Å². The SMILES string of the molecule is N=C(N)NCCCC(N)C(=O)O.[InH3]. The number of carboxylic acids is 1. The Balaban J connectivity index is 0. The summed E-state index contributed by atoms with van der Waals surface area (Å²) in [6, 6.07) is -0.821. The molecule has 7 N–H and O–H groups in total. The summed E-state index contributed by atoms with van der Waals surface area (Å²) >= 11 is 0. The molecule has 0 aliphatic carbocycles. The van der Waals surface area contributed by atoms with Crippen LogP contribution in [0, 0.1) is 5.41 Å². The predicted molar refractivity (Wildman–Crippen MR) is 54.7 cm³/mol. The van der Waals surface area contributed by atoms with Gasteiger partial charge in [-0.05, 0) is 12.8 Å². The van der Waals surface area contributed by atoms with E-state index in [-0.39, 0.29) is 31.8 Å². The molecule has 0 rings (SSSR count). The summed E-state index contributed by atoms with van der Waals surface area (Å²) < 4.78 is 0. The van der Waals surface area contributed by atoms with Gasteiger partial charge < -0.3 is 21.9 Å². The Bertz CT molecular complexity index is 176. The van der Waals surface area contributed by atoms with Gasteiger partial charge in [-0.15, -0.1) is 0 Å². The molecule has 0 aromatic carbocycles. The van der Waals surface area contributed by atoms with Crippen molar-refractivity contribution in [2.45, 2.75) is 18.9 Å². The number of hydrogen-bond acceptors (Lipinski definition) is 3. The molecule has 1 unspecified atom stereocenters. The van der Waals surface area contributed by atoms with Gasteiger partial charge in [-0.25, -0.2) is 0 Å². The van der Waals surface area contributed by atoms with Gasteiger partial charge in [-0.3, -0.25) is 10.2 Å². The van der Waals surface area contributed by atoms with E-state index >= 15 is 0 Å². The number of nitrogens with two attached hydrogens (primary N) is 2. The van der Waals surface area contributed by atoms with Crippen molar-refractivity contribution in [3.63, 3.8) is 0 Å². The zero-order chi connectivity index (χ0) is 9.56. The Labute approximate surface area is 95.3 Å². The fourth-order valence-electron chi connectivity index (χ4n) is 0.669. The summed E-state index contributed by atoms with van der Waals surface area (Å²) in [5.41, 5.74) is 10.2. The van der Waals surface area contributed by atoms with Crippen LogP contribution in [0.2, 0.25) is 0 Å². The summed E-state index contributed by atoms with van der Waals surface area (Å²) in [7, 11) is 0. The Kier molecular flexibility index (Phi) is 9.48. The molecule has 0 aromatic rings. The molecule has 0 amide bonds. The molecule has 0 bridgehead atoms. The molecule has 6 nitrogen and oxygen atoms in total. The van der Waals surface area contributed by atoms with E-state index < -0.39 is 12.0 Å². The Morgan fingerprint density at radius 1 is 1.62 bits per heavy atom. The molecule has 0 radical (unpaired) electrons. The van der Waals surface area contributed by atoms with Crippen LogP contribution in [0.1, 0.15) is 12.8 Å². The summed E-state index contributed by atoms with van der Waals surface area (Å²) in [5, 5.41) is 17.7. The zero-order valence-corrected chi connectivity index (χ0v) is 6.71. The van der Waals surface area contributed by atoms with Gasteiger partial charge in [-0.1, -0.05) is 0 Å². The fraction of sp³-hybridized carbons (Fsp3) is 0.667. The first-order valence-corrected chi connectivity index (χ1v) is 3.60. The summed E-state index contributed by atoms with van der Waals surface area (Å²) in [4.78, 5) is 10.2. The van der Waals surface area contributed by atoms with Crippen LogP contribution in [0.25, 0.3) is 0 Å². The Morgan fingerprint density at radius 2 is 2.15 bits per heavy atom. The number of hydrogen-bond donors (Lipinski definition) is 5. The van der Waals surface area contributed by atoms with Crippen molar-refractivity contribution < 1.29 is 9.90 Å². The molecule has 0 aliphatic rings. The molecule has 0 saturated heterocycles. The van der Waals surface area contributed by atoms with Gasteiger partial charge in [0.05, 0.1) is 0 Å². The second kappa shape index (κ2) is 8.18. The van der Waals surface area contributed by atoms with Crippen LogP contribution in [0.15, 0.2) is 0 Å². The minimum atomic E-state index is -1.00. The minimum absolute atomic E-state index is 0. The molecule has 0 saturated carbocycles. The van der Waals surface area contributed by atoms with Crippen molar-refractivity contribution in [3.8, 4) is 0 Å². The molecule has 0 spiro atoms. The number of aliphatic carboxylic acids is 1. The van der Waals surface area contributed by atoms with Gasteiger partial charge >= 0.3 is 31.8 Å². The number of nitrogens with one attached hydrogen (secondary N) is 2. The van der Waals surface area contributed by atoms with Gasteiger partial charge in [0.15, 0.2) is 5.96 Å². The average Bonchev–Trinajstić information content (AvgIpc) is 1.97. The molecule has 0 aromatic heterocycles. The second-order valence-electron chi connectivity index (χ2n) is 2.43. The number of rotatable bonds is 5. The summed E-state index contributed by atoms with van der Waals surface area (Å²) in [6.45, 7) is 0.482. The number of guanidine groups is 1. The van der Waals surface area contributed by atoms with E-state index in [4.69, 9.17) is 22.0 Å². The van der Waals surface area contributed by atoms with Crippen molar-refractivity contribution >= 4 is 37.8 Å². The first-order chi connectivity index (χ1) is 5.54. The van der Waals surface area contributed by atoms with Gasteiger partial charge in [0.1, 0.15) is 6.04 Å². The number of carboxylic acid groups (broad SMARTS) is 1. The van der Waals surface area contributed by atoms with Crippen molar-refractivity contribution in [1.29, 1.82) is 5.41 Å². The summed E-state index contributed by atoms with van der Waals surface area (Å²) in [6.07, 6.45) is 0.975. The predicted octanol–water partition coefficient (Wildman–Crippen LogP) is -2.52. The van der Waals surface area contributed by atoms with E-state index in [1.165, 1.54) is 0 Å². The molecule has 7 heteroatoms. The van der Waals surface area contributed by atoms with Crippen LogP contribution in [0.4, 0.5) is 0 Å². The van der Waals surface area contributed by atoms with Crippen LogP contribution in [-0.2, 0) is 4.79 Å². The van der Waals surface area contributed by atoms with Crippen LogP contribution in [0.5, 0.6) is 0 Å². The third-order valence-electron chi connectivity index (χ3n) is 1.32. The Morgan fingerprint density at radius 3 is 2.54 bits per heavy atom. The first kappa shape index (κ1) is 15.1. The average molecular weight is 292 g/mol.